The number of amides is 1. The minimum atomic E-state index is -1.04. The molecule has 2 aromatic carbocycles. The van der Waals surface area contributed by atoms with E-state index in [0.717, 1.165) is 0 Å². The van der Waals surface area contributed by atoms with Crippen LogP contribution in [0, 0.1) is 5.82 Å². The van der Waals surface area contributed by atoms with Gasteiger partial charge in [-0.15, -0.1) is 0 Å². The van der Waals surface area contributed by atoms with Gasteiger partial charge < -0.3 is 5.11 Å². The van der Waals surface area contributed by atoms with E-state index in [1.54, 1.807) is 25.1 Å². The summed E-state index contributed by atoms with van der Waals surface area (Å²) in [4.78, 5) is 23.4. The third-order valence-electron chi connectivity index (χ3n) is 3.60. The summed E-state index contributed by atoms with van der Waals surface area (Å²) in [7, 11) is 0. The Hall–Kier alpha value is -3.28. The highest BCUT2D eigenvalue weighted by Crippen LogP contribution is 2.25. The maximum absolute atomic E-state index is 13.0. The number of hydrogen-bond acceptors (Lipinski definition) is 3. The van der Waals surface area contributed by atoms with Crippen molar-refractivity contribution in [2.75, 3.05) is 5.01 Å². The van der Waals surface area contributed by atoms with Gasteiger partial charge >= 0.3 is 5.97 Å². The van der Waals surface area contributed by atoms with E-state index in [2.05, 4.69) is 5.10 Å². The van der Waals surface area contributed by atoms with Crippen molar-refractivity contribution in [3.8, 4) is 0 Å². The minimum Gasteiger partial charge on any atom is -0.478 e. The van der Waals surface area contributed by atoms with Crippen molar-refractivity contribution in [3.63, 3.8) is 0 Å². The molecule has 24 heavy (non-hydrogen) atoms. The van der Waals surface area contributed by atoms with Crippen LogP contribution in [0.15, 0.2) is 59.2 Å². The minimum absolute atomic E-state index is 0.133. The van der Waals surface area contributed by atoms with Crippen LogP contribution in [0.3, 0.4) is 0 Å². The first-order valence-electron chi connectivity index (χ1n) is 7.16. The van der Waals surface area contributed by atoms with Crippen LogP contribution in [0.25, 0.3) is 6.08 Å². The van der Waals surface area contributed by atoms with Crippen molar-refractivity contribution in [2.45, 2.75) is 6.92 Å². The summed E-state index contributed by atoms with van der Waals surface area (Å²) in [5.41, 5.74) is 2.24. The highest BCUT2D eigenvalue weighted by molar-refractivity contribution is 6.32. The topological polar surface area (TPSA) is 70.0 Å². The number of nitrogens with zero attached hydrogens (tertiary/aromatic N) is 2. The Balaban J connectivity index is 1.90. The molecule has 1 aliphatic heterocycles. The molecule has 0 saturated carbocycles. The summed E-state index contributed by atoms with van der Waals surface area (Å²) < 4.78 is 13.0. The third kappa shape index (κ3) is 2.94. The molecule has 0 aromatic heterocycles. The number of aromatic carboxylic acids is 1. The van der Waals surface area contributed by atoms with Gasteiger partial charge in [-0.1, -0.05) is 12.1 Å². The van der Waals surface area contributed by atoms with Crippen LogP contribution in [0.1, 0.15) is 22.8 Å². The second kappa shape index (κ2) is 6.08. The van der Waals surface area contributed by atoms with Gasteiger partial charge in [0.05, 0.1) is 22.5 Å². The second-order valence-corrected chi connectivity index (χ2v) is 5.26. The summed E-state index contributed by atoms with van der Waals surface area (Å²) in [5.74, 6) is -1.70. The molecule has 0 unspecified atom stereocenters. The molecule has 120 valence electrons. The number of halogens is 1. The summed E-state index contributed by atoms with van der Waals surface area (Å²) in [6, 6.07) is 11.7. The van der Waals surface area contributed by atoms with Crippen molar-refractivity contribution in [1.82, 2.24) is 0 Å². The lowest BCUT2D eigenvalue weighted by molar-refractivity contribution is -0.114. The van der Waals surface area contributed by atoms with Gasteiger partial charge in [-0.05, 0) is 55.0 Å². The van der Waals surface area contributed by atoms with Gasteiger partial charge in [0.25, 0.3) is 5.91 Å². The molecule has 0 fully saturated rings. The molecule has 1 N–H and O–H groups in total. The average molecular weight is 324 g/mol. The SMILES string of the molecule is CC1=NN(c2ccc(C(=O)O)cc2)C(=O)C1=Cc1ccc(F)cc1. The standard InChI is InChI=1S/C18H13FN2O3/c1-11-16(10-12-2-6-14(19)7-3-12)17(22)21(20-11)15-8-4-13(5-9-15)18(23)24/h2-10H,1H3,(H,23,24). The van der Waals surface area contributed by atoms with Gasteiger partial charge in [0.1, 0.15) is 5.82 Å². The van der Waals surface area contributed by atoms with Gasteiger partial charge in [-0.3, -0.25) is 4.79 Å². The highest BCUT2D eigenvalue weighted by atomic mass is 19.1. The van der Waals surface area contributed by atoms with Crippen LogP contribution >= 0.6 is 0 Å². The number of hydrogen-bond donors (Lipinski definition) is 1. The maximum Gasteiger partial charge on any atom is 0.335 e. The molecule has 3 rings (SSSR count). The molecule has 0 spiro atoms. The lowest BCUT2D eigenvalue weighted by Crippen LogP contribution is -2.21. The summed E-state index contributed by atoms with van der Waals surface area (Å²) >= 11 is 0. The number of rotatable bonds is 3. The van der Waals surface area contributed by atoms with E-state index in [4.69, 9.17) is 5.11 Å². The fraction of sp³-hybridized carbons (Fsp3) is 0.0556. The quantitative estimate of drug-likeness (QED) is 0.880. The first kappa shape index (κ1) is 15.6. The molecule has 0 bridgehead atoms. The van der Waals surface area contributed by atoms with Crippen LogP contribution in [-0.2, 0) is 4.79 Å². The van der Waals surface area contributed by atoms with E-state index in [0.29, 0.717) is 22.5 Å². The Kier molecular flexibility index (Phi) is 3.95. The van der Waals surface area contributed by atoms with Gasteiger partial charge in [-0.25, -0.2) is 9.18 Å². The predicted octanol–water partition coefficient (Wildman–Crippen LogP) is 3.33. The van der Waals surface area contributed by atoms with Gasteiger partial charge in [0, 0.05) is 0 Å². The molecule has 2 aromatic rings. The molecular weight excluding hydrogens is 311 g/mol. The molecule has 1 aliphatic rings. The Morgan fingerprint density at radius 1 is 1.12 bits per heavy atom. The summed E-state index contributed by atoms with van der Waals surface area (Å²) in [5, 5.41) is 14.4. The van der Waals surface area contributed by atoms with Crippen molar-refractivity contribution in [2.24, 2.45) is 5.10 Å². The zero-order valence-corrected chi connectivity index (χ0v) is 12.7. The van der Waals surface area contributed by atoms with Crippen molar-refractivity contribution >= 4 is 29.4 Å². The van der Waals surface area contributed by atoms with Crippen molar-refractivity contribution < 1.29 is 19.1 Å². The molecule has 0 radical (unpaired) electrons. The van der Waals surface area contributed by atoms with Crippen LogP contribution < -0.4 is 5.01 Å². The van der Waals surface area contributed by atoms with Crippen LogP contribution in [0.4, 0.5) is 10.1 Å². The van der Waals surface area contributed by atoms with Crippen molar-refractivity contribution in [1.29, 1.82) is 0 Å². The third-order valence-corrected chi connectivity index (χ3v) is 3.60. The predicted molar refractivity (Wildman–Crippen MR) is 88.4 cm³/mol. The average Bonchev–Trinajstić information content (AvgIpc) is 2.85. The van der Waals surface area contributed by atoms with Crippen molar-refractivity contribution in [3.05, 3.63) is 71.0 Å². The number of anilines is 1. The van der Waals surface area contributed by atoms with E-state index in [-0.39, 0.29) is 17.3 Å². The van der Waals surface area contributed by atoms with Crippen LogP contribution in [-0.4, -0.2) is 22.7 Å². The molecule has 5 nitrogen and oxygen atoms in total. The zero-order chi connectivity index (χ0) is 17.3. The van der Waals surface area contributed by atoms with E-state index in [9.17, 15) is 14.0 Å². The van der Waals surface area contributed by atoms with E-state index < -0.39 is 5.97 Å². The molecule has 0 atom stereocenters. The molecular formula is C18H13FN2O3. The van der Waals surface area contributed by atoms with E-state index in [1.165, 1.54) is 41.4 Å². The van der Waals surface area contributed by atoms with Gasteiger partial charge in [-0.2, -0.15) is 10.1 Å². The molecule has 1 amide bonds. The monoisotopic (exact) mass is 324 g/mol. The Morgan fingerprint density at radius 2 is 1.75 bits per heavy atom. The molecule has 0 aliphatic carbocycles. The zero-order valence-electron chi connectivity index (χ0n) is 12.7. The summed E-state index contributed by atoms with van der Waals surface area (Å²) in [6.45, 7) is 1.71. The lowest BCUT2D eigenvalue weighted by Gasteiger charge is -2.11. The smallest absolute Gasteiger partial charge is 0.335 e. The number of carbonyl (C=O) groups excluding carboxylic acids is 1. The number of hydrazone groups is 1. The molecule has 0 saturated heterocycles. The largest absolute Gasteiger partial charge is 0.478 e. The number of carboxylic acid groups (broad SMARTS) is 1. The Morgan fingerprint density at radius 3 is 2.33 bits per heavy atom. The van der Waals surface area contributed by atoms with E-state index in [1.807, 2.05) is 0 Å². The fourth-order valence-electron chi connectivity index (χ4n) is 2.33. The lowest BCUT2D eigenvalue weighted by atomic mass is 10.1. The van der Waals surface area contributed by atoms with Crippen LogP contribution in [0.2, 0.25) is 0 Å². The van der Waals surface area contributed by atoms with E-state index >= 15 is 0 Å². The maximum atomic E-state index is 13.0. The van der Waals surface area contributed by atoms with Crippen LogP contribution in [0.5, 0.6) is 0 Å². The summed E-state index contributed by atoms with van der Waals surface area (Å²) in [6.07, 6.45) is 1.65. The fourth-order valence-corrected chi connectivity index (χ4v) is 2.33. The number of carbonyl (C=O) groups is 2. The number of benzene rings is 2. The second-order valence-electron chi connectivity index (χ2n) is 5.26. The van der Waals surface area contributed by atoms with Gasteiger partial charge in [0.2, 0.25) is 0 Å². The number of carboxylic acids is 1. The molecule has 6 heteroatoms. The molecule has 1 heterocycles. The highest BCUT2D eigenvalue weighted by Gasteiger charge is 2.28. The Labute approximate surface area is 137 Å². The Bertz CT molecular complexity index is 868. The van der Waals surface area contributed by atoms with Gasteiger partial charge in [0.15, 0.2) is 0 Å². The first-order valence-corrected chi connectivity index (χ1v) is 7.16. The normalized spacial score (nSPS) is 15.8. The first-order chi connectivity index (χ1) is 11.5.